The van der Waals surface area contributed by atoms with Crippen molar-refractivity contribution in [2.75, 3.05) is 7.11 Å². The van der Waals surface area contributed by atoms with Crippen LogP contribution in [0.2, 0.25) is 0 Å². The van der Waals surface area contributed by atoms with Crippen LogP contribution in [0.25, 0.3) is 10.9 Å². The molecule has 0 saturated heterocycles. The number of hydrogen-bond donors (Lipinski definition) is 0. The number of esters is 1. The van der Waals surface area contributed by atoms with Crippen molar-refractivity contribution in [1.29, 1.82) is 0 Å². The normalized spacial score (nSPS) is 11.0. The largest absolute Gasteiger partial charge is 0.465 e. The number of ether oxygens (including phenoxy) is 1. The standard InChI is InChI=1S/C12H14N2O2/c1-8(2)14-7-10-5-4-9(12(15)16-3)6-11(10)13-14/h4-8H,1-3H3. The Hall–Kier alpha value is -1.84. The van der Waals surface area contributed by atoms with Crippen molar-refractivity contribution >= 4 is 16.9 Å². The summed E-state index contributed by atoms with van der Waals surface area (Å²) in [5, 5.41) is 5.43. The first kappa shape index (κ1) is 10.7. The van der Waals surface area contributed by atoms with Gasteiger partial charge in [-0.3, -0.25) is 4.68 Å². The van der Waals surface area contributed by atoms with E-state index in [9.17, 15) is 4.79 Å². The lowest BCUT2D eigenvalue weighted by atomic mass is 10.2. The maximum Gasteiger partial charge on any atom is 0.337 e. The average molecular weight is 218 g/mol. The first-order valence-corrected chi connectivity index (χ1v) is 5.19. The quantitative estimate of drug-likeness (QED) is 0.727. The molecule has 2 rings (SSSR count). The lowest BCUT2D eigenvalue weighted by Gasteiger charge is -2.02. The molecule has 0 aliphatic carbocycles. The maximum atomic E-state index is 11.3. The van der Waals surface area contributed by atoms with Crippen molar-refractivity contribution in [2.24, 2.45) is 0 Å². The minimum atomic E-state index is -0.332. The predicted molar refractivity (Wildman–Crippen MR) is 61.5 cm³/mol. The molecular formula is C12H14N2O2. The number of rotatable bonds is 2. The van der Waals surface area contributed by atoms with Crippen LogP contribution in [-0.2, 0) is 4.74 Å². The van der Waals surface area contributed by atoms with Gasteiger partial charge in [-0.2, -0.15) is 5.10 Å². The Morgan fingerprint density at radius 2 is 2.19 bits per heavy atom. The monoisotopic (exact) mass is 218 g/mol. The van der Waals surface area contributed by atoms with E-state index in [1.807, 2.05) is 16.9 Å². The van der Waals surface area contributed by atoms with Gasteiger partial charge in [0.05, 0.1) is 18.2 Å². The molecule has 0 N–H and O–H groups in total. The second-order valence-electron chi connectivity index (χ2n) is 3.97. The Kier molecular flexibility index (Phi) is 2.64. The Bertz CT molecular complexity index is 529. The number of carbonyl (C=O) groups is 1. The van der Waals surface area contributed by atoms with E-state index < -0.39 is 0 Å². The SMILES string of the molecule is COC(=O)c1ccc2cn(C(C)C)nc2c1. The van der Waals surface area contributed by atoms with Gasteiger partial charge < -0.3 is 4.74 Å². The summed E-state index contributed by atoms with van der Waals surface area (Å²) in [6.07, 6.45) is 1.97. The van der Waals surface area contributed by atoms with E-state index in [2.05, 4.69) is 23.7 Å². The Morgan fingerprint density at radius 1 is 1.44 bits per heavy atom. The molecule has 0 spiro atoms. The van der Waals surface area contributed by atoms with Gasteiger partial charge in [-0.25, -0.2) is 4.79 Å². The van der Waals surface area contributed by atoms with E-state index in [-0.39, 0.29) is 5.97 Å². The van der Waals surface area contributed by atoms with Gasteiger partial charge in [0.1, 0.15) is 0 Å². The zero-order valence-corrected chi connectivity index (χ0v) is 9.60. The fourth-order valence-corrected chi connectivity index (χ4v) is 1.54. The highest BCUT2D eigenvalue weighted by Crippen LogP contribution is 2.17. The molecule has 0 atom stereocenters. The molecule has 1 aromatic carbocycles. The zero-order chi connectivity index (χ0) is 11.7. The number of carbonyl (C=O) groups excluding carboxylic acids is 1. The van der Waals surface area contributed by atoms with Crippen LogP contribution in [0.5, 0.6) is 0 Å². The lowest BCUT2D eigenvalue weighted by molar-refractivity contribution is 0.0601. The van der Waals surface area contributed by atoms with Crippen molar-refractivity contribution in [3.05, 3.63) is 30.0 Å². The molecule has 16 heavy (non-hydrogen) atoms. The third kappa shape index (κ3) is 1.78. The van der Waals surface area contributed by atoms with E-state index >= 15 is 0 Å². The molecule has 0 radical (unpaired) electrons. The van der Waals surface area contributed by atoms with Gasteiger partial charge in [0, 0.05) is 17.6 Å². The minimum absolute atomic E-state index is 0.314. The first-order valence-electron chi connectivity index (χ1n) is 5.19. The van der Waals surface area contributed by atoms with Gasteiger partial charge in [-0.05, 0) is 26.0 Å². The highest BCUT2D eigenvalue weighted by molar-refractivity contribution is 5.94. The highest BCUT2D eigenvalue weighted by atomic mass is 16.5. The molecule has 1 heterocycles. The van der Waals surface area contributed by atoms with E-state index in [0.717, 1.165) is 10.9 Å². The second-order valence-corrected chi connectivity index (χ2v) is 3.97. The van der Waals surface area contributed by atoms with Crippen molar-refractivity contribution in [1.82, 2.24) is 9.78 Å². The van der Waals surface area contributed by atoms with Crippen molar-refractivity contribution in [3.8, 4) is 0 Å². The van der Waals surface area contributed by atoms with Crippen LogP contribution in [0.1, 0.15) is 30.2 Å². The van der Waals surface area contributed by atoms with Gasteiger partial charge >= 0.3 is 5.97 Å². The molecular weight excluding hydrogens is 204 g/mol. The molecule has 0 aliphatic heterocycles. The third-order valence-electron chi connectivity index (χ3n) is 2.48. The molecule has 2 aromatic rings. The fourth-order valence-electron chi connectivity index (χ4n) is 1.54. The molecule has 0 aliphatic rings. The lowest BCUT2D eigenvalue weighted by Crippen LogP contribution is -2.01. The molecule has 0 amide bonds. The van der Waals surface area contributed by atoms with E-state index in [4.69, 9.17) is 0 Å². The Balaban J connectivity index is 2.49. The van der Waals surface area contributed by atoms with Crippen molar-refractivity contribution in [2.45, 2.75) is 19.9 Å². The van der Waals surface area contributed by atoms with Crippen molar-refractivity contribution < 1.29 is 9.53 Å². The van der Waals surface area contributed by atoms with E-state index in [0.29, 0.717) is 11.6 Å². The summed E-state index contributed by atoms with van der Waals surface area (Å²) in [6, 6.07) is 5.70. The van der Waals surface area contributed by atoms with Gasteiger partial charge in [0.25, 0.3) is 0 Å². The minimum Gasteiger partial charge on any atom is -0.465 e. The maximum absolute atomic E-state index is 11.3. The van der Waals surface area contributed by atoms with Crippen LogP contribution < -0.4 is 0 Å². The molecule has 4 heteroatoms. The summed E-state index contributed by atoms with van der Waals surface area (Å²) < 4.78 is 6.55. The summed E-state index contributed by atoms with van der Waals surface area (Å²) in [5.41, 5.74) is 1.35. The van der Waals surface area contributed by atoms with Crippen LogP contribution in [-0.4, -0.2) is 22.9 Å². The average Bonchev–Trinajstić information content (AvgIpc) is 2.70. The van der Waals surface area contributed by atoms with E-state index in [1.54, 1.807) is 12.1 Å². The fraction of sp³-hybridized carbons (Fsp3) is 0.333. The zero-order valence-electron chi connectivity index (χ0n) is 9.60. The summed E-state index contributed by atoms with van der Waals surface area (Å²) in [4.78, 5) is 11.3. The van der Waals surface area contributed by atoms with Crippen LogP contribution in [0.3, 0.4) is 0 Å². The molecule has 0 saturated carbocycles. The third-order valence-corrected chi connectivity index (χ3v) is 2.48. The highest BCUT2D eigenvalue weighted by Gasteiger charge is 2.08. The van der Waals surface area contributed by atoms with Crippen LogP contribution in [0, 0.1) is 0 Å². The molecule has 0 bridgehead atoms. The number of fused-ring (bicyclic) bond motifs is 1. The van der Waals surface area contributed by atoms with E-state index in [1.165, 1.54) is 7.11 Å². The molecule has 84 valence electrons. The summed E-state index contributed by atoms with van der Waals surface area (Å²) in [7, 11) is 1.37. The van der Waals surface area contributed by atoms with Gasteiger partial charge in [-0.15, -0.1) is 0 Å². The summed E-state index contributed by atoms with van der Waals surface area (Å²) in [6.45, 7) is 4.13. The second kappa shape index (κ2) is 3.96. The smallest absolute Gasteiger partial charge is 0.337 e. The van der Waals surface area contributed by atoms with Gasteiger partial charge in [-0.1, -0.05) is 6.07 Å². The summed E-state index contributed by atoms with van der Waals surface area (Å²) in [5.74, 6) is -0.332. The topological polar surface area (TPSA) is 44.1 Å². The van der Waals surface area contributed by atoms with Gasteiger partial charge in [0.15, 0.2) is 0 Å². The molecule has 4 nitrogen and oxygen atoms in total. The Labute approximate surface area is 93.8 Å². The first-order chi connectivity index (χ1) is 7.61. The number of hydrogen-bond acceptors (Lipinski definition) is 3. The number of aromatic nitrogens is 2. The molecule has 0 unspecified atom stereocenters. The van der Waals surface area contributed by atoms with Crippen molar-refractivity contribution in [3.63, 3.8) is 0 Å². The predicted octanol–water partition coefficient (Wildman–Crippen LogP) is 2.40. The van der Waals surface area contributed by atoms with Crippen LogP contribution in [0.15, 0.2) is 24.4 Å². The summed E-state index contributed by atoms with van der Waals surface area (Å²) >= 11 is 0. The van der Waals surface area contributed by atoms with Crippen LogP contribution in [0.4, 0.5) is 0 Å². The van der Waals surface area contributed by atoms with Crippen LogP contribution >= 0.6 is 0 Å². The Morgan fingerprint density at radius 3 is 2.81 bits per heavy atom. The number of benzene rings is 1. The van der Waals surface area contributed by atoms with Gasteiger partial charge in [0.2, 0.25) is 0 Å². The molecule has 1 aromatic heterocycles. The molecule has 0 fully saturated rings. The number of nitrogens with zero attached hydrogens (tertiary/aromatic N) is 2. The number of methoxy groups -OCH3 is 1.